The van der Waals surface area contributed by atoms with Gasteiger partial charge in [-0.2, -0.15) is 0 Å². The van der Waals surface area contributed by atoms with E-state index in [4.69, 9.17) is 19.2 Å². The molecule has 0 radical (unpaired) electrons. The number of halogens is 1. The molecule has 5 heteroatoms. The Bertz CT molecular complexity index is 924. The van der Waals surface area contributed by atoms with Crippen LogP contribution in [0.4, 0.5) is 0 Å². The van der Waals surface area contributed by atoms with Gasteiger partial charge in [-0.05, 0) is 46.6 Å². The average Bonchev–Trinajstić information content (AvgIpc) is 3.04. The van der Waals surface area contributed by atoms with Crippen LogP contribution in [0.1, 0.15) is 5.56 Å². The first kappa shape index (κ1) is 14.3. The lowest BCUT2D eigenvalue weighted by Crippen LogP contribution is -1.93. The summed E-state index contributed by atoms with van der Waals surface area (Å²) < 4.78 is 17.2. The summed E-state index contributed by atoms with van der Waals surface area (Å²) >= 11 is 3.69. The second kappa shape index (κ2) is 5.42. The summed E-state index contributed by atoms with van der Waals surface area (Å²) in [6.07, 6.45) is 0. The van der Waals surface area contributed by atoms with E-state index in [1.165, 1.54) is 0 Å². The first-order chi connectivity index (χ1) is 11.2. The van der Waals surface area contributed by atoms with E-state index in [2.05, 4.69) is 22.9 Å². The Morgan fingerprint density at radius 3 is 2.70 bits per heavy atom. The first-order valence-corrected chi connectivity index (χ1v) is 8.00. The van der Waals surface area contributed by atoms with Crippen LogP contribution < -0.4 is 14.2 Å². The normalized spacial score (nSPS) is 12.7. The maximum atomic E-state index is 5.46. The Morgan fingerprint density at radius 2 is 1.91 bits per heavy atom. The standard InChI is InChI=1S/C18H14BrNO3/c1-10-13-7-15-16(23-9-22-15)8-14(13)20-18(17(10)19)11-4-3-5-12(6-11)21-2/h3-8H,9H2,1-2H3. The molecule has 0 atom stereocenters. The highest BCUT2D eigenvalue weighted by Crippen LogP contribution is 2.40. The summed E-state index contributed by atoms with van der Waals surface area (Å²) in [5.41, 5.74) is 3.88. The monoisotopic (exact) mass is 371 g/mol. The largest absolute Gasteiger partial charge is 0.497 e. The van der Waals surface area contributed by atoms with Crippen molar-refractivity contribution >= 4 is 26.8 Å². The molecule has 0 spiro atoms. The van der Waals surface area contributed by atoms with Crippen LogP contribution in [0.3, 0.4) is 0 Å². The highest BCUT2D eigenvalue weighted by Gasteiger charge is 2.18. The predicted molar refractivity (Wildman–Crippen MR) is 92.3 cm³/mol. The van der Waals surface area contributed by atoms with Crippen LogP contribution in [0, 0.1) is 6.92 Å². The molecular formula is C18H14BrNO3. The molecule has 0 saturated carbocycles. The second-order valence-electron chi connectivity index (χ2n) is 5.35. The van der Waals surface area contributed by atoms with Gasteiger partial charge in [-0.1, -0.05) is 12.1 Å². The summed E-state index contributed by atoms with van der Waals surface area (Å²) in [5.74, 6) is 2.31. The molecule has 0 bridgehead atoms. The molecule has 2 heterocycles. The lowest BCUT2D eigenvalue weighted by molar-refractivity contribution is 0.174. The number of fused-ring (bicyclic) bond motifs is 2. The van der Waals surface area contributed by atoms with Gasteiger partial charge in [0, 0.05) is 21.5 Å². The quantitative estimate of drug-likeness (QED) is 0.653. The molecule has 1 aliphatic heterocycles. The third-order valence-electron chi connectivity index (χ3n) is 4.01. The van der Waals surface area contributed by atoms with Gasteiger partial charge in [0.15, 0.2) is 11.5 Å². The number of hydrogen-bond donors (Lipinski definition) is 0. The SMILES string of the molecule is COc1cccc(-c2nc3cc4c(cc3c(C)c2Br)OCO4)c1. The zero-order valence-corrected chi connectivity index (χ0v) is 14.3. The highest BCUT2D eigenvalue weighted by molar-refractivity contribution is 9.10. The number of aryl methyl sites for hydroxylation is 1. The van der Waals surface area contributed by atoms with Gasteiger partial charge in [0.05, 0.1) is 18.3 Å². The minimum atomic E-state index is 0.259. The number of ether oxygens (including phenoxy) is 3. The number of aromatic nitrogens is 1. The van der Waals surface area contributed by atoms with E-state index >= 15 is 0 Å². The van der Waals surface area contributed by atoms with Crippen LogP contribution in [-0.4, -0.2) is 18.9 Å². The highest BCUT2D eigenvalue weighted by atomic mass is 79.9. The number of benzene rings is 2. The molecule has 0 N–H and O–H groups in total. The number of nitrogens with zero attached hydrogens (tertiary/aromatic N) is 1. The van der Waals surface area contributed by atoms with Gasteiger partial charge < -0.3 is 14.2 Å². The van der Waals surface area contributed by atoms with Crippen molar-refractivity contribution in [1.29, 1.82) is 0 Å². The fourth-order valence-corrected chi connectivity index (χ4v) is 3.28. The van der Waals surface area contributed by atoms with Crippen molar-refractivity contribution in [2.24, 2.45) is 0 Å². The minimum absolute atomic E-state index is 0.259. The van der Waals surface area contributed by atoms with Crippen LogP contribution in [0.25, 0.3) is 22.2 Å². The molecule has 0 fully saturated rings. The molecule has 0 aliphatic carbocycles. The van der Waals surface area contributed by atoms with Gasteiger partial charge in [-0.15, -0.1) is 0 Å². The van der Waals surface area contributed by atoms with Gasteiger partial charge in [0.2, 0.25) is 6.79 Å². The van der Waals surface area contributed by atoms with Crippen LogP contribution in [0.2, 0.25) is 0 Å². The third-order valence-corrected chi connectivity index (χ3v) is 4.98. The maximum absolute atomic E-state index is 5.46. The Morgan fingerprint density at radius 1 is 1.13 bits per heavy atom. The first-order valence-electron chi connectivity index (χ1n) is 7.21. The Balaban J connectivity index is 1.97. The average molecular weight is 372 g/mol. The van der Waals surface area contributed by atoms with E-state index in [1.807, 2.05) is 36.4 Å². The Kier molecular flexibility index (Phi) is 3.38. The smallest absolute Gasteiger partial charge is 0.231 e. The van der Waals surface area contributed by atoms with Crippen LogP contribution in [0.5, 0.6) is 17.2 Å². The molecule has 0 saturated heterocycles. The van der Waals surface area contributed by atoms with Crippen molar-refractivity contribution in [2.45, 2.75) is 6.92 Å². The topological polar surface area (TPSA) is 40.6 Å². The zero-order valence-electron chi connectivity index (χ0n) is 12.7. The molecule has 116 valence electrons. The second-order valence-corrected chi connectivity index (χ2v) is 6.15. The van der Waals surface area contributed by atoms with Crippen molar-refractivity contribution in [3.63, 3.8) is 0 Å². The molecule has 4 nitrogen and oxygen atoms in total. The maximum Gasteiger partial charge on any atom is 0.231 e. The van der Waals surface area contributed by atoms with Gasteiger partial charge in [0.1, 0.15) is 5.75 Å². The van der Waals surface area contributed by atoms with Crippen LogP contribution in [0.15, 0.2) is 40.9 Å². The van der Waals surface area contributed by atoms with Crippen molar-refractivity contribution in [1.82, 2.24) is 4.98 Å². The summed E-state index contributed by atoms with van der Waals surface area (Å²) in [6.45, 7) is 2.33. The molecule has 1 aliphatic rings. The molecule has 3 aromatic rings. The summed E-state index contributed by atoms with van der Waals surface area (Å²) in [4.78, 5) is 4.82. The van der Waals surface area contributed by atoms with Crippen LogP contribution >= 0.6 is 15.9 Å². The van der Waals surface area contributed by atoms with Gasteiger partial charge in [0.25, 0.3) is 0 Å². The molecule has 0 unspecified atom stereocenters. The van der Waals surface area contributed by atoms with Gasteiger partial charge in [-0.3, -0.25) is 0 Å². The van der Waals surface area contributed by atoms with E-state index in [-0.39, 0.29) is 6.79 Å². The summed E-state index contributed by atoms with van der Waals surface area (Å²) in [6, 6.07) is 11.8. The fraction of sp³-hybridized carbons (Fsp3) is 0.167. The van der Waals surface area contributed by atoms with Crippen molar-refractivity contribution < 1.29 is 14.2 Å². The van der Waals surface area contributed by atoms with Crippen molar-refractivity contribution in [2.75, 3.05) is 13.9 Å². The molecule has 4 rings (SSSR count). The van der Waals surface area contributed by atoms with E-state index in [0.29, 0.717) is 0 Å². The Labute approximate surface area is 142 Å². The number of methoxy groups -OCH3 is 1. The number of pyridine rings is 1. The van der Waals surface area contributed by atoms with Crippen molar-refractivity contribution in [3.05, 3.63) is 46.4 Å². The van der Waals surface area contributed by atoms with Crippen molar-refractivity contribution in [3.8, 4) is 28.5 Å². The zero-order chi connectivity index (χ0) is 16.0. The minimum Gasteiger partial charge on any atom is -0.497 e. The van der Waals surface area contributed by atoms with Crippen LogP contribution in [-0.2, 0) is 0 Å². The van der Waals surface area contributed by atoms with E-state index in [1.54, 1.807) is 7.11 Å². The number of hydrogen-bond acceptors (Lipinski definition) is 4. The Hall–Kier alpha value is -2.27. The lowest BCUT2D eigenvalue weighted by atomic mass is 10.0. The molecule has 2 aromatic carbocycles. The summed E-state index contributed by atoms with van der Waals surface area (Å²) in [5, 5.41) is 1.05. The van der Waals surface area contributed by atoms with Gasteiger partial charge >= 0.3 is 0 Å². The van der Waals surface area contributed by atoms with E-state index in [0.717, 1.165) is 49.4 Å². The molecule has 0 amide bonds. The fourth-order valence-electron chi connectivity index (χ4n) is 2.75. The third kappa shape index (κ3) is 2.32. The predicted octanol–water partition coefficient (Wildman–Crippen LogP) is 4.71. The van der Waals surface area contributed by atoms with E-state index < -0.39 is 0 Å². The molecule has 23 heavy (non-hydrogen) atoms. The summed E-state index contributed by atoms with van der Waals surface area (Å²) in [7, 11) is 1.66. The number of rotatable bonds is 2. The van der Waals surface area contributed by atoms with Gasteiger partial charge in [-0.25, -0.2) is 4.98 Å². The molecule has 1 aromatic heterocycles. The van der Waals surface area contributed by atoms with E-state index in [9.17, 15) is 0 Å². The lowest BCUT2D eigenvalue weighted by Gasteiger charge is -2.12. The molecular weight excluding hydrogens is 358 g/mol.